The Kier molecular flexibility index (Phi) is 19.8. The topological polar surface area (TPSA) is 105 Å². The van der Waals surface area contributed by atoms with Gasteiger partial charge < -0.3 is 29.5 Å². The fraction of sp³-hybridized carbons (Fsp3) is 0.868. The van der Waals surface area contributed by atoms with Crippen LogP contribution in [-0.2, 0) is 19.0 Å². The molecule has 3 N–H and O–H groups in total. The highest BCUT2D eigenvalue weighted by Gasteiger charge is 2.59. The number of esters is 1. The van der Waals surface area contributed by atoms with Crippen molar-refractivity contribution in [2.24, 2.45) is 52.3 Å². The summed E-state index contributed by atoms with van der Waals surface area (Å²) in [4.78, 5) is 12.6. The molecular formula is C53H90O7. The molecule has 4 aliphatic carbocycles. The highest BCUT2D eigenvalue weighted by molar-refractivity contribution is 5.69. The molecule has 4 fully saturated rings. The van der Waals surface area contributed by atoms with Crippen LogP contribution in [0.3, 0.4) is 0 Å². The molecule has 1 saturated heterocycles. The van der Waals surface area contributed by atoms with Gasteiger partial charge in [0.25, 0.3) is 0 Å². The zero-order valence-corrected chi connectivity index (χ0v) is 39.3. The summed E-state index contributed by atoms with van der Waals surface area (Å²) < 4.78 is 18.0. The normalized spacial score (nSPS) is 36.5. The molecule has 5 rings (SSSR count). The van der Waals surface area contributed by atoms with Crippen LogP contribution < -0.4 is 0 Å². The predicted molar refractivity (Wildman–Crippen MR) is 244 cm³/mol. The molecule has 0 amide bonds. The molecule has 1 aliphatic heterocycles. The van der Waals surface area contributed by atoms with E-state index in [1.807, 2.05) is 0 Å². The van der Waals surface area contributed by atoms with Crippen LogP contribution in [0.2, 0.25) is 0 Å². The van der Waals surface area contributed by atoms with E-state index in [0.717, 1.165) is 106 Å². The first-order chi connectivity index (χ1) is 28.8. The zero-order chi connectivity index (χ0) is 43.3. The maximum Gasteiger partial charge on any atom is 0.305 e. The molecular weight excluding hydrogens is 749 g/mol. The molecule has 60 heavy (non-hydrogen) atoms. The van der Waals surface area contributed by atoms with E-state index in [2.05, 4.69) is 78.8 Å². The Morgan fingerprint density at radius 2 is 1.52 bits per heavy atom. The van der Waals surface area contributed by atoms with Gasteiger partial charge in [0, 0.05) is 6.42 Å². The van der Waals surface area contributed by atoms with Gasteiger partial charge in [-0.2, -0.15) is 0 Å². The van der Waals surface area contributed by atoms with Crippen LogP contribution in [0.15, 0.2) is 36.0 Å². The van der Waals surface area contributed by atoms with Crippen molar-refractivity contribution < 1.29 is 34.3 Å². The molecule has 0 aromatic rings. The highest BCUT2D eigenvalue weighted by atomic mass is 16.7. The summed E-state index contributed by atoms with van der Waals surface area (Å²) >= 11 is 0. The third kappa shape index (κ3) is 12.8. The SMILES string of the molecule is CCCCCC/C=C\C/C=C\CCCCCCCC(=O)OCC1OC(OC2CCC3(C)C(=CCC4C3CCC3(C)C(C(C)CCC(C)C(C)C)CCC43)C2)C(O)C(O)C1O. The predicted octanol–water partition coefficient (Wildman–Crippen LogP) is 12.2. The number of ether oxygens (including phenoxy) is 3. The minimum absolute atomic E-state index is 0.145. The molecule has 0 radical (unpaired) electrons. The second-order valence-corrected chi connectivity index (χ2v) is 21.3. The summed E-state index contributed by atoms with van der Waals surface area (Å²) in [5.41, 5.74) is 2.12. The van der Waals surface area contributed by atoms with Crippen LogP contribution in [-0.4, -0.2) is 64.7 Å². The van der Waals surface area contributed by atoms with Crippen LogP contribution >= 0.6 is 0 Å². The zero-order valence-electron chi connectivity index (χ0n) is 39.3. The molecule has 0 aromatic heterocycles. The molecule has 7 nitrogen and oxygen atoms in total. The lowest BCUT2D eigenvalue weighted by Crippen LogP contribution is -2.60. The quantitative estimate of drug-likeness (QED) is 0.0505. The van der Waals surface area contributed by atoms with Gasteiger partial charge in [0.15, 0.2) is 6.29 Å². The lowest BCUT2D eigenvalue weighted by atomic mass is 9.47. The Morgan fingerprint density at radius 1 is 0.817 bits per heavy atom. The van der Waals surface area contributed by atoms with Gasteiger partial charge in [-0.25, -0.2) is 0 Å². The average molecular weight is 839 g/mol. The van der Waals surface area contributed by atoms with Gasteiger partial charge in [0.05, 0.1) is 6.10 Å². The number of aliphatic hydroxyl groups is 3. The molecule has 1 heterocycles. The van der Waals surface area contributed by atoms with Crippen molar-refractivity contribution in [1.82, 2.24) is 0 Å². The number of fused-ring (bicyclic) bond motifs is 5. The lowest BCUT2D eigenvalue weighted by molar-refractivity contribution is -0.313. The average Bonchev–Trinajstić information content (AvgIpc) is 3.59. The van der Waals surface area contributed by atoms with Crippen LogP contribution in [0.4, 0.5) is 0 Å². The third-order valence-electron chi connectivity index (χ3n) is 17.0. The smallest absolute Gasteiger partial charge is 0.305 e. The molecule has 5 aliphatic rings. The van der Waals surface area contributed by atoms with Crippen LogP contribution in [0.25, 0.3) is 0 Å². The van der Waals surface area contributed by atoms with E-state index in [1.165, 1.54) is 76.2 Å². The number of carbonyl (C=O) groups is 1. The Hall–Kier alpha value is -1.51. The summed E-state index contributed by atoms with van der Waals surface area (Å²) in [5, 5.41) is 32.5. The van der Waals surface area contributed by atoms with E-state index >= 15 is 0 Å². The fourth-order valence-corrected chi connectivity index (χ4v) is 12.6. The van der Waals surface area contributed by atoms with Crippen molar-refractivity contribution in [1.29, 1.82) is 0 Å². The molecule has 0 spiro atoms. The van der Waals surface area contributed by atoms with Gasteiger partial charge in [-0.3, -0.25) is 4.79 Å². The molecule has 0 bridgehead atoms. The van der Waals surface area contributed by atoms with Crippen molar-refractivity contribution in [2.75, 3.05) is 6.61 Å². The maximum atomic E-state index is 12.6. The number of hydrogen-bond acceptors (Lipinski definition) is 7. The Bertz CT molecular complexity index is 1370. The van der Waals surface area contributed by atoms with E-state index in [1.54, 1.807) is 0 Å². The van der Waals surface area contributed by atoms with Crippen molar-refractivity contribution in [3.63, 3.8) is 0 Å². The maximum absolute atomic E-state index is 12.6. The van der Waals surface area contributed by atoms with E-state index in [4.69, 9.17) is 14.2 Å². The second kappa shape index (κ2) is 24.0. The van der Waals surface area contributed by atoms with Gasteiger partial charge in [-0.05, 0) is 142 Å². The van der Waals surface area contributed by atoms with Gasteiger partial charge in [0.1, 0.15) is 31.0 Å². The minimum atomic E-state index is -1.45. The number of carbonyl (C=O) groups excluding carboxylic acids is 1. The number of unbranched alkanes of at least 4 members (excludes halogenated alkanes) is 9. The summed E-state index contributed by atoms with van der Waals surface area (Å²) in [6.07, 6.45) is 31.3. The monoisotopic (exact) mass is 839 g/mol. The highest BCUT2D eigenvalue weighted by Crippen LogP contribution is 2.67. The van der Waals surface area contributed by atoms with Gasteiger partial charge >= 0.3 is 5.97 Å². The van der Waals surface area contributed by atoms with Crippen LogP contribution in [0, 0.1) is 52.3 Å². The van der Waals surface area contributed by atoms with Crippen molar-refractivity contribution >= 4 is 5.97 Å². The summed E-state index contributed by atoms with van der Waals surface area (Å²) in [6, 6.07) is 0. The summed E-state index contributed by atoms with van der Waals surface area (Å²) in [7, 11) is 0. The van der Waals surface area contributed by atoms with Crippen LogP contribution in [0.5, 0.6) is 0 Å². The molecule has 14 atom stereocenters. The Balaban J connectivity index is 1.01. The standard InChI is InChI=1S/C53H90O7/c1-8-9-10-11-12-13-14-15-16-17-18-19-20-21-22-23-24-47(54)58-36-46-48(55)49(56)50(57)51(60-46)59-41-31-33-52(6)40(35-41)27-28-42-44-30-29-43(53(44,7)34-32-45(42)52)39(5)26-25-38(4)37(2)3/h13-14,16-17,27,37-39,41-46,48-51,55-57H,8-12,15,18-26,28-36H2,1-7H3/b14-13-,17-16-. The second-order valence-electron chi connectivity index (χ2n) is 21.3. The molecule has 7 heteroatoms. The van der Waals surface area contributed by atoms with Crippen molar-refractivity contribution in [3.05, 3.63) is 36.0 Å². The fourth-order valence-electron chi connectivity index (χ4n) is 12.6. The first kappa shape index (κ1) is 49.5. The number of aliphatic hydroxyl groups excluding tert-OH is 3. The van der Waals surface area contributed by atoms with Gasteiger partial charge in [-0.15, -0.1) is 0 Å². The third-order valence-corrected chi connectivity index (χ3v) is 17.0. The Morgan fingerprint density at radius 3 is 2.23 bits per heavy atom. The lowest BCUT2D eigenvalue weighted by Gasteiger charge is -2.58. The molecule has 344 valence electrons. The van der Waals surface area contributed by atoms with E-state index in [0.29, 0.717) is 17.8 Å². The Labute approximate surface area is 367 Å². The van der Waals surface area contributed by atoms with E-state index < -0.39 is 30.7 Å². The first-order valence-electron chi connectivity index (χ1n) is 25.3. The van der Waals surface area contributed by atoms with Crippen molar-refractivity contribution in [2.45, 2.75) is 233 Å². The number of rotatable bonds is 24. The van der Waals surface area contributed by atoms with E-state index in [9.17, 15) is 20.1 Å². The van der Waals surface area contributed by atoms with Crippen LogP contribution in [0.1, 0.15) is 196 Å². The van der Waals surface area contributed by atoms with Gasteiger partial charge in [-0.1, -0.05) is 136 Å². The molecule has 14 unspecified atom stereocenters. The number of hydrogen-bond donors (Lipinski definition) is 3. The minimum Gasteiger partial charge on any atom is -0.463 e. The molecule has 0 aromatic carbocycles. The van der Waals surface area contributed by atoms with Crippen molar-refractivity contribution in [3.8, 4) is 0 Å². The first-order valence-corrected chi connectivity index (χ1v) is 25.3. The van der Waals surface area contributed by atoms with Gasteiger partial charge in [0.2, 0.25) is 0 Å². The molecule has 3 saturated carbocycles. The number of allylic oxidation sites excluding steroid dienone is 5. The largest absolute Gasteiger partial charge is 0.463 e. The summed E-state index contributed by atoms with van der Waals surface area (Å²) in [6.45, 7) is 17.0. The van der Waals surface area contributed by atoms with E-state index in [-0.39, 0.29) is 24.1 Å². The summed E-state index contributed by atoms with van der Waals surface area (Å²) in [5.74, 6) is 5.13.